The Kier molecular flexibility index (Phi) is 3.63. The second kappa shape index (κ2) is 5.67. The normalized spacial score (nSPS) is 24.7. The summed E-state index contributed by atoms with van der Waals surface area (Å²) in [5.41, 5.74) is 0.873. The lowest BCUT2D eigenvalue weighted by atomic mass is 10.1. The van der Waals surface area contributed by atoms with Gasteiger partial charge in [-0.2, -0.15) is 4.31 Å². The molecule has 2 fully saturated rings. The molecule has 2 aliphatic rings. The van der Waals surface area contributed by atoms with E-state index in [9.17, 15) is 8.42 Å². The number of rotatable bonds is 3. The molecule has 0 saturated carbocycles. The maximum Gasteiger partial charge on any atom is 0.246 e. The Morgan fingerprint density at radius 1 is 1.09 bits per heavy atom. The molecule has 23 heavy (non-hydrogen) atoms. The lowest BCUT2D eigenvalue weighted by molar-refractivity contribution is 0.382. The van der Waals surface area contributed by atoms with Gasteiger partial charge in [-0.15, -0.1) is 0 Å². The predicted molar refractivity (Wildman–Crippen MR) is 86.1 cm³/mol. The maximum atomic E-state index is 12.8. The minimum atomic E-state index is -3.52. The standard InChI is InChI=1S/C16H18N4O2S/c21-23(22,20-7-6-13-8-17-11-15(13)20)14-9-18-16(19-10-14)12-4-2-1-3-5-12/h1-5,9-10,13,15,17H,6-8,11H2/t13-,15+/m1/s1. The van der Waals surface area contributed by atoms with Crippen LogP contribution >= 0.6 is 0 Å². The van der Waals surface area contributed by atoms with E-state index in [-0.39, 0.29) is 10.9 Å². The van der Waals surface area contributed by atoms with Gasteiger partial charge in [0.2, 0.25) is 10.0 Å². The third kappa shape index (κ3) is 2.54. The zero-order valence-electron chi connectivity index (χ0n) is 12.6. The highest BCUT2D eigenvalue weighted by Gasteiger charge is 2.43. The van der Waals surface area contributed by atoms with Crippen LogP contribution in [0.2, 0.25) is 0 Å². The van der Waals surface area contributed by atoms with Crippen LogP contribution in [0.15, 0.2) is 47.6 Å². The molecular formula is C16H18N4O2S. The molecule has 4 rings (SSSR count). The number of hydrogen-bond acceptors (Lipinski definition) is 5. The average Bonchev–Trinajstić information content (AvgIpc) is 3.19. The van der Waals surface area contributed by atoms with Crippen LogP contribution in [0.1, 0.15) is 6.42 Å². The van der Waals surface area contributed by atoms with Gasteiger partial charge < -0.3 is 5.32 Å². The zero-order valence-corrected chi connectivity index (χ0v) is 13.4. The van der Waals surface area contributed by atoms with E-state index in [2.05, 4.69) is 15.3 Å². The molecule has 6 nitrogen and oxygen atoms in total. The second-order valence-electron chi connectivity index (χ2n) is 6.00. The highest BCUT2D eigenvalue weighted by molar-refractivity contribution is 7.89. The highest BCUT2D eigenvalue weighted by atomic mass is 32.2. The van der Waals surface area contributed by atoms with Crippen LogP contribution in [-0.4, -0.2) is 48.4 Å². The van der Waals surface area contributed by atoms with E-state index in [0.717, 1.165) is 25.1 Å². The SMILES string of the molecule is O=S(=O)(c1cnc(-c2ccccc2)nc1)N1CC[C@@H]2CNC[C@@H]21. The van der Waals surface area contributed by atoms with Crippen molar-refractivity contribution in [2.75, 3.05) is 19.6 Å². The molecule has 2 saturated heterocycles. The van der Waals surface area contributed by atoms with Crippen LogP contribution in [0.3, 0.4) is 0 Å². The molecule has 1 aromatic heterocycles. The fraction of sp³-hybridized carbons (Fsp3) is 0.375. The first kappa shape index (κ1) is 14.7. The number of hydrogen-bond donors (Lipinski definition) is 1. The smallest absolute Gasteiger partial charge is 0.246 e. The fourth-order valence-electron chi connectivity index (χ4n) is 3.43. The summed E-state index contributed by atoms with van der Waals surface area (Å²) < 4.78 is 27.3. The Morgan fingerprint density at radius 3 is 2.57 bits per heavy atom. The van der Waals surface area contributed by atoms with E-state index in [0.29, 0.717) is 18.3 Å². The first-order valence-corrected chi connectivity index (χ1v) is 9.20. The van der Waals surface area contributed by atoms with Crippen molar-refractivity contribution in [1.82, 2.24) is 19.6 Å². The first-order valence-electron chi connectivity index (χ1n) is 7.76. The van der Waals surface area contributed by atoms with Gasteiger partial charge in [0.15, 0.2) is 5.82 Å². The van der Waals surface area contributed by atoms with Crippen LogP contribution in [0.5, 0.6) is 0 Å². The van der Waals surface area contributed by atoms with E-state index in [1.54, 1.807) is 4.31 Å². The van der Waals surface area contributed by atoms with Crippen LogP contribution in [0.25, 0.3) is 11.4 Å². The molecule has 0 unspecified atom stereocenters. The second-order valence-corrected chi connectivity index (χ2v) is 7.89. The third-order valence-corrected chi connectivity index (χ3v) is 6.54. The largest absolute Gasteiger partial charge is 0.315 e. The summed E-state index contributed by atoms with van der Waals surface area (Å²) in [7, 11) is -3.52. The maximum absolute atomic E-state index is 12.8. The molecule has 0 aliphatic carbocycles. The molecule has 3 heterocycles. The van der Waals surface area contributed by atoms with Crippen molar-refractivity contribution in [1.29, 1.82) is 0 Å². The van der Waals surface area contributed by atoms with Crippen molar-refractivity contribution in [2.45, 2.75) is 17.4 Å². The summed E-state index contributed by atoms with van der Waals surface area (Å²) in [4.78, 5) is 8.65. The van der Waals surface area contributed by atoms with Gasteiger partial charge in [0.1, 0.15) is 4.90 Å². The van der Waals surface area contributed by atoms with E-state index in [1.165, 1.54) is 12.4 Å². The van der Waals surface area contributed by atoms with Crippen LogP contribution in [0.4, 0.5) is 0 Å². The fourth-order valence-corrected chi connectivity index (χ4v) is 5.02. The van der Waals surface area contributed by atoms with Crippen molar-refractivity contribution >= 4 is 10.0 Å². The molecule has 0 radical (unpaired) electrons. The van der Waals surface area contributed by atoms with Crippen LogP contribution < -0.4 is 5.32 Å². The summed E-state index contributed by atoms with van der Waals surface area (Å²) in [5, 5.41) is 3.27. The molecule has 2 atom stereocenters. The average molecular weight is 330 g/mol. The van der Waals surface area contributed by atoms with E-state index < -0.39 is 10.0 Å². The summed E-state index contributed by atoms with van der Waals surface area (Å²) in [5.74, 6) is 0.959. The molecule has 2 aromatic rings. The number of fused-ring (bicyclic) bond motifs is 1. The lowest BCUT2D eigenvalue weighted by Crippen LogP contribution is -2.39. The molecule has 0 bridgehead atoms. The summed E-state index contributed by atoms with van der Waals surface area (Å²) in [6, 6.07) is 9.59. The van der Waals surface area contributed by atoms with Gasteiger partial charge in [-0.3, -0.25) is 0 Å². The molecule has 2 aliphatic heterocycles. The Bertz CT molecular complexity index is 793. The quantitative estimate of drug-likeness (QED) is 0.913. The van der Waals surface area contributed by atoms with Crippen molar-refractivity contribution in [3.63, 3.8) is 0 Å². The first-order chi connectivity index (χ1) is 11.2. The molecule has 120 valence electrons. The van der Waals surface area contributed by atoms with Crippen molar-refractivity contribution in [3.8, 4) is 11.4 Å². The van der Waals surface area contributed by atoms with E-state index in [4.69, 9.17) is 0 Å². The van der Waals surface area contributed by atoms with Crippen molar-refractivity contribution in [2.24, 2.45) is 5.92 Å². The van der Waals surface area contributed by atoms with Gasteiger partial charge in [0, 0.05) is 24.7 Å². The van der Waals surface area contributed by atoms with Gasteiger partial charge in [-0.25, -0.2) is 18.4 Å². The highest BCUT2D eigenvalue weighted by Crippen LogP contribution is 2.32. The number of sulfonamides is 1. The van der Waals surface area contributed by atoms with Gasteiger partial charge in [-0.05, 0) is 18.9 Å². The molecule has 1 aromatic carbocycles. The Morgan fingerprint density at radius 2 is 1.83 bits per heavy atom. The zero-order chi connectivity index (χ0) is 15.9. The molecule has 1 N–H and O–H groups in total. The van der Waals surface area contributed by atoms with Gasteiger partial charge >= 0.3 is 0 Å². The number of aromatic nitrogens is 2. The number of nitrogens with one attached hydrogen (secondary N) is 1. The van der Waals surface area contributed by atoms with Crippen molar-refractivity contribution < 1.29 is 8.42 Å². The Balaban J connectivity index is 1.62. The lowest BCUT2D eigenvalue weighted by Gasteiger charge is -2.22. The van der Waals surface area contributed by atoms with Crippen LogP contribution in [-0.2, 0) is 10.0 Å². The number of nitrogens with zero attached hydrogens (tertiary/aromatic N) is 3. The number of benzene rings is 1. The van der Waals surface area contributed by atoms with Crippen molar-refractivity contribution in [3.05, 3.63) is 42.7 Å². The van der Waals surface area contributed by atoms with E-state index in [1.807, 2.05) is 30.3 Å². The Labute approximate surface area is 135 Å². The minimum Gasteiger partial charge on any atom is -0.315 e. The molecule has 7 heteroatoms. The van der Waals surface area contributed by atoms with Crippen LogP contribution in [0, 0.1) is 5.92 Å². The van der Waals surface area contributed by atoms with Gasteiger partial charge in [0.25, 0.3) is 0 Å². The molecule has 0 spiro atoms. The van der Waals surface area contributed by atoms with Gasteiger partial charge in [-0.1, -0.05) is 30.3 Å². The predicted octanol–water partition coefficient (Wildman–Crippen LogP) is 1.13. The van der Waals surface area contributed by atoms with E-state index >= 15 is 0 Å². The molecular weight excluding hydrogens is 312 g/mol. The molecule has 0 amide bonds. The Hall–Kier alpha value is -1.83. The minimum absolute atomic E-state index is 0.0637. The third-order valence-electron chi connectivity index (χ3n) is 4.66. The summed E-state index contributed by atoms with van der Waals surface area (Å²) in [6.45, 7) is 2.22. The summed E-state index contributed by atoms with van der Waals surface area (Å²) in [6.07, 6.45) is 3.75. The monoisotopic (exact) mass is 330 g/mol. The summed E-state index contributed by atoms with van der Waals surface area (Å²) >= 11 is 0. The topological polar surface area (TPSA) is 75.2 Å². The van der Waals surface area contributed by atoms with Gasteiger partial charge in [0.05, 0.1) is 12.4 Å².